The third kappa shape index (κ3) is 3.01. The highest BCUT2D eigenvalue weighted by Gasteiger charge is 2.20. The zero-order valence-electron chi connectivity index (χ0n) is 12.3. The number of carbonyl (C=O) groups is 1. The number of rotatable bonds is 4. The van der Waals surface area contributed by atoms with E-state index in [-0.39, 0.29) is 11.4 Å². The minimum Gasteiger partial charge on any atom is -0.462 e. The highest BCUT2D eigenvalue weighted by Crippen LogP contribution is 2.29. The van der Waals surface area contributed by atoms with E-state index in [1.165, 1.54) is 23.7 Å². The summed E-state index contributed by atoms with van der Waals surface area (Å²) in [6.07, 6.45) is 1.50. The SMILES string of the molecule is Cc1sc(-c2ccco2)nc1C(=O)Nc1ccc(F)c([N+](=O)[O-])c1. The lowest BCUT2D eigenvalue weighted by atomic mass is 10.2. The number of halogens is 1. The third-order valence-corrected chi connectivity index (χ3v) is 4.13. The van der Waals surface area contributed by atoms with Gasteiger partial charge >= 0.3 is 5.69 Å². The number of nitro benzene ring substituents is 1. The number of anilines is 1. The van der Waals surface area contributed by atoms with Gasteiger partial charge in [-0.25, -0.2) is 4.98 Å². The summed E-state index contributed by atoms with van der Waals surface area (Å²) in [5.74, 6) is -0.968. The number of carbonyl (C=O) groups excluding carboxylic acids is 1. The third-order valence-electron chi connectivity index (χ3n) is 3.14. The monoisotopic (exact) mass is 347 g/mol. The van der Waals surface area contributed by atoms with E-state index in [1.54, 1.807) is 19.1 Å². The van der Waals surface area contributed by atoms with Crippen LogP contribution >= 0.6 is 11.3 Å². The van der Waals surface area contributed by atoms with Crippen molar-refractivity contribution in [2.75, 3.05) is 5.32 Å². The minimum atomic E-state index is -0.969. The smallest absolute Gasteiger partial charge is 0.306 e. The molecule has 0 aliphatic carbocycles. The van der Waals surface area contributed by atoms with Gasteiger partial charge in [-0.1, -0.05) is 0 Å². The van der Waals surface area contributed by atoms with Gasteiger partial charge in [-0.2, -0.15) is 4.39 Å². The van der Waals surface area contributed by atoms with Crippen LogP contribution in [-0.4, -0.2) is 15.8 Å². The molecule has 0 radical (unpaired) electrons. The van der Waals surface area contributed by atoms with Crippen molar-refractivity contribution in [1.29, 1.82) is 0 Å². The number of benzene rings is 1. The summed E-state index contributed by atoms with van der Waals surface area (Å²) in [5, 5.41) is 13.8. The van der Waals surface area contributed by atoms with Crippen molar-refractivity contribution in [3.05, 3.63) is 63.1 Å². The molecule has 122 valence electrons. The molecule has 0 aliphatic heterocycles. The number of aryl methyl sites for hydroxylation is 1. The summed E-state index contributed by atoms with van der Waals surface area (Å²) in [7, 11) is 0. The summed E-state index contributed by atoms with van der Waals surface area (Å²) in [6.45, 7) is 1.73. The predicted molar refractivity (Wildman–Crippen MR) is 85.6 cm³/mol. The Bertz CT molecular complexity index is 921. The molecule has 1 amide bonds. The highest BCUT2D eigenvalue weighted by atomic mass is 32.1. The maximum atomic E-state index is 13.3. The molecule has 2 aromatic heterocycles. The Morgan fingerprint density at radius 1 is 1.42 bits per heavy atom. The highest BCUT2D eigenvalue weighted by molar-refractivity contribution is 7.15. The predicted octanol–water partition coefficient (Wildman–Crippen LogP) is 4.01. The Labute approximate surface area is 138 Å². The molecular formula is C15H10FN3O4S. The van der Waals surface area contributed by atoms with E-state index in [0.717, 1.165) is 12.1 Å². The number of hydrogen-bond acceptors (Lipinski definition) is 6. The van der Waals surface area contributed by atoms with E-state index in [9.17, 15) is 19.3 Å². The van der Waals surface area contributed by atoms with Gasteiger partial charge in [-0.3, -0.25) is 14.9 Å². The fraction of sp³-hybridized carbons (Fsp3) is 0.0667. The van der Waals surface area contributed by atoms with Crippen LogP contribution in [0.2, 0.25) is 0 Å². The molecule has 0 bridgehead atoms. The molecule has 0 spiro atoms. The second-order valence-corrected chi connectivity index (χ2v) is 5.98. The standard InChI is InChI=1S/C15H10FN3O4S/c1-8-13(18-15(24-8)12-3-2-6-23-12)14(20)17-9-4-5-10(16)11(7-9)19(21)22/h2-7H,1H3,(H,17,20). The van der Waals surface area contributed by atoms with Crippen LogP contribution in [-0.2, 0) is 0 Å². The molecule has 1 N–H and O–H groups in total. The first-order chi connectivity index (χ1) is 11.5. The Hall–Kier alpha value is -3.07. The zero-order valence-corrected chi connectivity index (χ0v) is 13.1. The molecule has 0 atom stereocenters. The first-order valence-electron chi connectivity index (χ1n) is 6.72. The van der Waals surface area contributed by atoms with E-state index < -0.39 is 22.3 Å². The van der Waals surface area contributed by atoms with Crippen molar-refractivity contribution >= 4 is 28.6 Å². The zero-order chi connectivity index (χ0) is 17.3. The maximum absolute atomic E-state index is 13.3. The number of aromatic nitrogens is 1. The number of furan rings is 1. The van der Waals surface area contributed by atoms with Gasteiger partial charge < -0.3 is 9.73 Å². The summed E-state index contributed by atoms with van der Waals surface area (Å²) in [6, 6.07) is 6.57. The van der Waals surface area contributed by atoms with Crippen molar-refractivity contribution in [2.45, 2.75) is 6.92 Å². The lowest BCUT2D eigenvalue weighted by molar-refractivity contribution is -0.387. The van der Waals surface area contributed by atoms with Gasteiger partial charge in [0.2, 0.25) is 5.82 Å². The molecule has 1 aromatic carbocycles. The van der Waals surface area contributed by atoms with Gasteiger partial charge in [0.1, 0.15) is 5.69 Å². The van der Waals surface area contributed by atoms with E-state index in [1.807, 2.05) is 0 Å². The Kier molecular flexibility index (Phi) is 4.09. The van der Waals surface area contributed by atoms with Gasteiger partial charge in [0.15, 0.2) is 10.8 Å². The summed E-state index contributed by atoms with van der Waals surface area (Å²) in [4.78, 5) is 27.1. The lowest BCUT2D eigenvalue weighted by Gasteiger charge is -2.04. The molecule has 3 aromatic rings. The van der Waals surface area contributed by atoms with Crippen LogP contribution in [0.15, 0.2) is 41.0 Å². The van der Waals surface area contributed by atoms with Crippen molar-refractivity contribution in [3.8, 4) is 10.8 Å². The first-order valence-corrected chi connectivity index (χ1v) is 7.54. The van der Waals surface area contributed by atoms with Crippen molar-refractivity contribution in [3.63, 3.8) is 0 Å². The van der Waals surface area contributed by atoms with E-state index in [0.29, 0.717) is 15.6 Å². The number of amides is 1. The molecular weight excluding hydrogens is 337 g/mol. The van der Waals surface area contributed by atoms with Gasteiger partial charge in [0.05, 0.1) is 11.2 Å². The minimum absolute atomic E-state index is 0.111. The molecule has 0 saturated carbocycles. The molecule has 0 fully saturated rings. The van der Waals surface area contributed by atoms with E-state index >= 15 is 0 Å². The normalized spacial score (nSPS) is 10.6. The lowest BCUT2D eigenvalue weighted by Crippen LogP contribution is -2.13. The number of thiazole rings is 1. The second-order valence-electron chi connectivity index (χ2n) is 4.78. The summed E-state index contributed by atoms with van der Waals surface area (Å²) >= 11 is 1.29. The fourth-order valence-corrected chi connectivity index (χ4v) is 2.91. The summed E-state index contributed by atoms with van der Waals surface area (Å²) < 4.78 is 18.6. The molecule has 2 heterocycles. The van der Waals surface area contributed by atoms with Crippen molar-refractivity contribution in [2.24, 2.45) is 0 Å². The summed E-state index contributed by atoms with van der Waals surface area (Å²) in [5.41, 5.74) is -0.419. The number of nitro groups is 1. The van der Waals surface area contributed by atoms with E-state index in [4.69, 9.17) is 4.42 Å². The Balaban J connectivity index is 1.86. The van der Waals surface area contributed by atoms with Crippen LogP contribution in [0.5, 0.6) is 0 Å². The Morgan fingerprint density at radius 3 is 2.88 bits per heavy atom. The molecule has 0 aliphatic rings. The quantitative estimate of drug-likeness (QED) is 0.568. The molecule has 0 saturated heterocycles. The Morgan fingerprint density at radius 2 is 2.21 bits per heavy atom. The molecule has 9 heteroatoms. The van der Waals surface area contributed by atoms with Crippen molar-refractivity contribution in [1.82, 2.24) is 4.98 Å². The van der Waals surface area contributed by atoms with Crippen LogP contribution in [0.4, 0.5) is 15.8 Å². The van der Waals surface area contributed by atoms with Crippen molar-refractivity contribution < 1.29 is 18.5 Å². The van der Waals surface area contributed by atoms with Crippen LogP contribution in [0.1, 0.15) is 15.4 Å². The fourth-order valence-electron chi connectivity index (χ4n) is 2.03. The molecule has 3 rings (SSSR count). The molecule has 24 heavy (non-hydrogen) atoms. The average Bonchev–Trinajstić information content (AvgIpc) is 3.18. The topological polar surface area (TPSA) is 98.3 Å². The van der Waals surface area contributed by atoms with E-state index in [2.05, 4.69) is 10.3 Å². The average molecular weight is 347 g/mol. The molecule has 7 nitrogen and oxygen atoms in total. The van der Waals surface area contributed by atoms with Crippen LogP contribution in [0, 0.1) is 22.9 Å². The van der Waals surface area contributed by atoms with Crippen LogP contribution < -0.4 is 5.32 Å². The number of nitrogens with zero attached hydrogens (tertiary/aromatic N) is 2. The second kappa shape index (κ2) is 6.20. The van der Waals surface area contributed by atoms with Gasteiger partial charge in [-0.15, -0.1) is 11.3 Å². The van der Waals surface area contributed by atoms with Gasteiger partial charge in [0, 0.05) is 16.6 Å². The van der Waals surface area contributed by atoms with Crippen LogP contribution in [0.3, 0.4) is 0 Å². The molecule has 0 unspecified atom stereocenters. The first kappa shape index (κ1) is 15.8. The number of hydrogen-bond donors (Lipinski definition) is 1. The van der Waals surface area contributed by atoms with Gasteiger partial charge in [0.25, 0.3) is 5.91 Å². The maximum Gasteiger partial charge on any atom is 0.306 e. The van der Waals surface area contributed by atoms with Gasteiger partial charge in [-0.05, 0) is 31.2 Å². The van der Waals surface area contributed by atoms with Crippen LogP contribution in [0.25, 0.3) is 10.8 Å². The number of nitrogens with one attached hydrogen (secondary N) is 1. The largest absolute Gasteiger partial charge is 0.462 e.